The van der Waals surface area contributed by atoms with Crippen molar-refractivity contribution in [2.75, 3.05) is 13.1 Å². The monoisotopic (exact) mass is 455 g/mol. The number of hydrogen-bond donors (Lipinski definition) is 4. The summed E-state index contributed by atoms with van der Waals surface area (Å²) in [6, 6.07) is 3.58. The van der Waals surface area contributed by atoms with Crippen LogP contribution in [0, 0.1) is 6.92 Å². The summed E-state index contributed by atoms with van der Waals surface area (Å²) < 4.78 is 38.6. The second-order valence-corrected chi connectivity index (χ2v) is 9.50. The van der Waals surface area contributed by atoms with Crippen LogP contribution in [-0.4, -0.2) is 63.5 Å². The van der Waals surface area contributed by atoms with E-state index >= 15 is 0 Å². The molecule has 0 radical (unpaired) electrons. The zero-order chi connectivity index (χ0) is 23.5. The molecule has 1 aliphatic carbocycles. The van der Waals surface area contributed by atoms with Gasteiger partial charge in [0, 0.05) is 18.0 Å². The molecule has 0 bridgehead atoms. The summed E-state index contributed by atoms with van der Waals surface area (Å²) >= 11 is 0. The number of halogens is 3. The van der Waals surface area contributed by atoms with E-state index in [1.807, 2.05) is 6.92 Å². The lowest BCUT2D eigenvalue weighted by atomic mass is 9.49. The average Bonchev–Trinajstić information content (AvgIpc) is 2.97. The number of fused-ring (bicyclic) bond motifs is 1. The van der Waals surface area contributed by atoms with E-state index in [9.17, 15) is 33.0 Å². The fourth-order valence-corrected chi connectivity index (χ4v) is 6.14. The van der Waals surface area contributed by atoms with Gasteiger partial charge in [-0.3, -0.25) is 15.0 Å². The zero-order valence-electron chi connectivity index (χ0n) is 18.1. The molecule has 10 heteroatoms. The molecule has 176 valence electrons. The van der Waals surface area contributed by atoms with E-state index in [-0.39, 0.29) is 44.5 Å². The van der Waals surface area contributed by atoms with E-state index in [0.29, 0.717) is 5.56 Å². The highest BCUT2D eigenvalue weighted by Gasteiger charge is 2.67. The summed E-state index contributed by atoms with van der Waals surface area (Å²) in [4.78, 5) is 26.4. The fourth-order valence-electron chi connectivity index (χ4n) is 6.14. The topological polar surface area (TPSA) is 102 Å². The molecule has 3 amide bonds. The Bertz CT molecular complexity index is 955. The van der Waals surface area contributed by atoms with Gasteiger partial charge in [0.1, 0.15) is 11.3 Å². The van der Waals surface area contributed by atoms with Gasteiger partial charge in [0.25, 0.3) is 5.91 Å². The average molecular weight is 455 g/mol. The Morgan fingerprint density at radius 3 is 2.56 bits per heavy atom. The molecule has 4 unspecified atom stereocenters. The van der Waals surface area contributed by atoms with Crippen LogP contribution in [0.5, 0.6) is 5.75 Å². The van der Waals surface area contributed by atoms with E-state index in [1.165, 1.54) is 6.07 Å². The van der Waals surface area contributed by atoms with Crippen LogP contribution >= 0.6 is 0 Å². The third-order valence-electron chi connectivity index (χ3n) is 7.86. The zero-order valence-corrected chi connectivity index (χ0v) is 18.1. The van der Waals surface area contributed by atoms with Crippen molar-refractivity contribution in [1.82, 2.24) is 15.5 Å². The number of amides is 3. The van der Waals surface area contributed by atoms with Gasteiger partial charge in [-0.15, -0.1) is 0 Å². The highest BCUT2D eigenvalue weighted by molar-refractivity contribution is 6.07. The van der Waals surface area contributed by atoms with Crippen LogP contribution in [0.3, 0.4) is 0 Å². The molecule has 3 fully saturated rings. The van der Waals surface area contributed by atoms with Gasteiger partial charge in [-0.2, -0.15) is 13.2 Å². The first-order valence-electron chi connectivity index (χ1n) is 10.8. The number of carbonyl (C=O) groups excluding carboxylic acids is 2. The quantitative estimate of drug-likeness (QED) is 0.525. The van der Waals surface area contributed by atoms with Gasteiger partial charge >= 0.3 is 12.2 Å². The summed E-state index contributed by atoms with van der Waals surface area (Å²) in [5.41, 5.74) is -2.28. The summed E-state index contributed by atoms with van der Waals surface area (Å²) in [5, 5.41) is 27.4. The first-order chi connectivity index (χ1) is 14.8. The first kappa shape index (κ1) is 22.8. The lowest BCUT2D eigenvalue weighted by molar-refractivity contribution is -0.180. The molecular formula is C22H28F3N3O4. The Morgan fingerprint density at radius 1 is 1.22 bits per heavy atom. The van der Waals surface area contributed by atoms with Crippen LogP contribution < -0.4 is 10.6 Å². The minimum absolute atomic E-state index is 0.00554. The minimum atomic E-state index is -4.30. The molecule has 3 aliphatic rings. The van der Waals surface area contributed by atoms with E-state index in [1.54, 1.807) is 24.0 Å². The van der Waals surface area contributed by atoms with Gasteiger partial charge in [-0.05, 0) is 69.3 Å². The van der Waals surface area contributed by atoms with Gasteiger partial charge in [-0.25, -0.2) is 4.79 Å². The first-order valence-corrected chi connectivity index (χ1v) is 10.8. The van der Waals surface area contributed by atoms with Crippen molar-refractivity contribution in [2.45, 2.75) is 74.7 Å². The number of imide groups is 1. The predicted molar refractivity (Wildman–Crippen MR) is 109 cm³/mol. The molecule has 2 saturated heterocycles. The number of benzene rings is 1. The summed E-state index contributed by atoms with van der Waals surface area (Å²) in [5.74, 6) is -0.470. The van der Waals surface area contributed by atoms with Crippen LogP contribution in [0.15, 0.2) is 18.2 Å². The van der Waals surface area contributed by atoms with E-state index < -0.39 is 47.1 Å². The number of rotatable bonds is 3. The number of nitrogens with one attached hydrogen (secondary N) is 2. The molecule has 4 N–H and O–H groups in total. The van der Waals surface area contributed by atoms with Gasteiger partial charge in [-0.1, -0.05) is 6.07 Å². The number of piperidine rings is 1. The number of phenolic OH excluding ortho intramolecular Hbond substituents is 1. The molecule has 1 saturated carbocycles. The number of carbonyl (C=O) groups is 2. The number of alkyl halides is 3. The summed E-state index contributed by atoms with van der Waals surface area (Å²) in [7, 11) is 0. The molecule has 32 heavy (non-hydrogen) atoms. The number of likely N-dealkylation sites (tertiary alicyclic amines) is 1. The lowest BCUT2D eigenvalue weighted by Crippen LogP contribution is -2.73. The highest BCUT2D eigenvalue weighted by Crippen LogP contribution is 2.57. The van der Waals surface area contributed by atoms with Crippen molar-refractivity contribution in [3.8, 4) is 5.75 Å². The van der Waals surface area contributed by atoms with Crippen LogP contribution in [0.2, 0.25) is 0 Å². The number of aromatic hydroxyl groups is 1. The Balaban J connectivity index is 1.79. The molecule has 0 aromatic heterocycles. The maximum Gasteiger partial charge on any atom is 0.390 e. The van der Waals surface area contributed by atoms with E-state index in [4.69, 9.17) is 0 Å². The second kappa shape index (κ2) is 7.34. The fraction of sp³-hybridized carbons (Fsp3) is 0.636. The van der Waals surface area contributed by atoms with Gasteiger partial charge in [0.05, 0.1) is 12.0 Å². The minimum Gasteiger partial charge on any atom is -0.508 e. The Morgan fingerprint density at radius 2 is 1.94 bits per heavy atom. The van der Waals surface area contributed by atoms with Gasteiger partial charge < -0.3 is 15.5 Å². The molecule has 7 nitrogen and oxygen atoms in total. The number of nitrogens with zero attached hydrogens (tertiary/aromatic N) is 1. The molecule has 4 rings (SSSR count). The van der Waals surface area contributed by atoms with Gasteiger partial charge in [0.15, 0.2) is 0 Å². The second-order valence-electron chi connectivity index (χ2n) is 9.50. The van der Waals surface area contributed by atoms with Crippen LogP contribution in [-0.2, 0) is 10.2 Å². The Hall–Kier alpha value is -2.33. The third-order valence-corrected chi connectivity index (χ3v) is 7.86. The number of aryl methyl sites for hydroxylation is 1. The Labute approximate surface area is 184 Å². The largest absolute Gasteiger partial charge is 0.508 e. The predicted octanol–water partition coefficient (Wildman–Crippen LogP) is 2.48. The van der Waals surface area contributed by atoms with Crippen molar-refractivity contribution in [3.63, 3.8) is 0 Å². The summed E-state index contributed by atoms with van der Waals surface area (Å²) in [6.45, 7) is 3.59. The van der Waals surface area contributed by atoms with Gasteiger partial charge in [0.2, 0.25) is 0 Å². The summed E-state index contributed by atoms with van der Waals surface area (Å²) in [6.07, 6.45) is -4.64. The van der Waals surface area contributed by atoms with Crippen LogP contribution in [0.25, 0.3) is 0 Å². The normalized spacial score (nSPS) is 35.5. The van der Waals surface area contributed by atoms with Crippen LogP contribution in [0.4, 0.5) is 18.0 Å². The van der Waals surface area contributed by atoms with Crippen molar-refractivity contribution in [3.05, 3.63) is 29.3 Å². The molecule has 2 aliphatic heterocycles. The number of hydrogen-bond acceptors (Lipinski definition) is 5. The Kier molecular flexibility index (Phi) is 5.24. The standard InChI is InChI=1S/C22H28F3N3O4/c1-13-3-4-15(29)11-16(13)19-7-9-28(10-8-22(23,24)25)14(2)21(19,32)6-5-20(12-19)17(30)26-18(31)27-20/h3-4,11,14,29,32H,5-10,12H2,1-2H3,(H2,26,27,30,31). The molecule has 4 atom stereocenters. The molecule has 1 aromatic carbocycles. The molecule has 1 aromatic rings. The smallest absolute Gasteiger partial charge is 0.390 e. The SMILES string of the molecule is Cc1ccc(O)cc1C12CCN(CCC(F)(F)F)C(C)C1(O)CCC1(C2)NC(=O)NC1=O. The van der Waals surface area contributed by atoms with Crippen LogP contribution in [0.1, 0.15) is 50.2 Å². The van der Waals surface area contributed by atoms with Crippen molar-refractivity contribution >= 4 is 11.9 Å². The lowest BCUT2D eigenvalue weighted by Gasteiger charge is -2.62. The number of phenols is 1. The van der Waals surface area contributed by atoms with E-state index in [2.05, 4.69) is 10.6 Å². The van der Waals surface area contributed by atoms with Crippen molar-refractivity contribution in [1.29, 1.82) is 0 Å². The number of aliphatic hydroxyl groups is 1. The maximum atomic E-state index is 12.9. The molecule has 1 spiro atoms. The van der Waals surface area contributed by atoms with E-state index in [0.717, 1.165) is 5.56 Å². The highest BCUT2D eigenvalue weighted by atomic mass is 19.4. The molecular weight excluding hydrogens is 427 g/mol. The van der Waals surface area contributed by atoms with Crippen molar-refractivity contribution < 1.29 is 33.0 Å². The maximum absolute atomic E-state index is 12.9. The third kappa shape index (κ3) is 3.44. The molecule has 2 heterocycles. The van der Waals surface area contributed by atoms with Crippen molar-refractivity contribution in [2.24, 2.45) is 0 Å². The number of urea groups is 1.